The Kier molecular flexibility index (Phi) is 4.76. The van der Waals surface area contributed by atoms with Gasteiger partial charge >= 0.3 is 0 Å². The van der Waals surface area contributed by atoms with E-state index in [-0.39, 0.29) is 11.2 Å². The lowest BCUT2D eigenvalue weighted by molar-refractivity contribution is -0.127. The number of aromatic nitrogens is 2. The zero-order valence-corrected chi connectivity index (χ0v) is 14.8. The number of amides is 1. The molecule has 0 N–H and O–H groups in total. The van der Waals surface area contributed by atoms with Crippen LogP contribution in [-0.4, -0.2) is 39.7 Å². The van der Waals surface area contributed by atoms with Gasteiger partial charge < -0.3 is 4.90 Å². The Morgan fingerprint density at radius 1 is 1.22 bits per heavy atom. The largest absolute Gasteiger partial charge is 0.348 e. The summed E-state index contributed by atoms with van der Waals surface area (Å²) in [5.74, 6) is 0.121. The summed E-state index contributed by atoms with van der Waals surface area (Å²) >= 11 is 1.56. The van der Waals surface area contributed by atoms with E-state index in [0.29, 0.717) is 0 Å². The van der Waals surface area contributed by atoms with Crippen LogP contribution in [0.15, 0.2) is 35.5 Å². The highest BCUT2D eigenvalue weighted by atomic mass is 32.2. The second-order valence-electron chi connectivity index (χ2n) is 6.16. The predicted octanol–water partition coefficient (Wildman–Crippen LogP) is 3.32. The molecule has 0 fully saturated rings. The molecule has 0 saturated heterocycles. The Bertz CT molecular complexity index is 694. The highest BCUT2D eigenvalue weighted by molar-refractivity contribution is 8.00. The first kappa shape index (κ1) is 16.1. The smallest absolute Gasteiger partial charge is 0.235 e. The van der Waals surface area contributed by atoms with Gasteiger partial charge in [-0.15, -0.1) is 0 Å². The van der Waals surface area contributed by atoms with E-state index < -0.39 is 0 Å². The average molecular weight is 329 g/mol. The van der Waals surface area contributed by atoms with Crippen molar-refractivity contribution in [2.45, 2.75) is 43.0 Å². The number of benzene rings is 1. The lowest BCUT2D eigenvalue weighted by Crippen LogP contribution is -2.29. The number of hydrogen-bond acceptors (Lipinski definition) is 3. The lowest BCUT2D eigenvalue weighted by Gasteiger charge is -2.18. The number of imidazole rings is 1. The molecule has 1 amide bonds. The third-order valence-corrected chi connectivity index (χ3v) is 5.23. The Labute approximate surface area is 141 Å². The van der Waals surface area contributed by atoms with Gasteiger partial charge in [0, 0.05) is 25.5 Å². The summed E-state index contributed by atoms with van der Waals surface area (Å²) in [5, 5.41) is 0.794. The number of fused-ring (bicyclic) bond motifs is 1. The minimum atomic E-state index is -0.142. The predicted molar refractivity (Wildman–Crippen MR) is 94.2 cm³/mol. The van der Waals surface area contributed by atoms with E-state index in [1.807, 2.05) is 25.1 Å². The molecule has 122 valence electrons. The topological polar surface area (TPSA) is 38.1 Å². The first-order chi connectivity index (χ1) is 11.1. The number of thioether (sulfide) groups is 1. The molecule has 0 bridgehead atoms. The third kappa shape index (κ3) is 3.29. The van der Waals surface area contributed by atoms with Crippen LogP contribution in [0.2, 0.25) is 0 Å². The first-order valence-corrected chi connectivity index (χ1v) is 8.99. The zero-order valence-electron chi connectivity index (χ0n) is 14.0. The van der Waals surface area contributed by atoms with Gasteiger partial charge in [0.05, 0.1) is 10.9 Å². The summed E-state index contributed by atoms with van der Waals surface area (Å²) in [6.07, 6.45) is 4.52. The van der Waals surface area contributed by atoms with Crippen molar-refractivity contribution in [2.75, 3.05) is 14.1 Å². The summed E-state index contributed by atoms with van der Waals surface area (Å²) in [4.78, 5) is 18.7. The van der Waals surface area contributed by atoms with Crippen LogP contribution in [0.5, 0.6) is 0 Å². The molecule has 5 heteroatoms. The lowest BCUT2D eigenvalue weighted by atomic mass is 10.0. The van der Waals surface area contributed by atoms with Crippen molar-refractivity contribution < 1.29 is 4.79 Å². The normalized spacial score (nSPS) is 15.1. The van der Waals surface area contributed by atoms with Gasteiger partial charge in [-0.3, -0.25) is 9.36 Å². The molecule has 1 aromatic heterocycles. The maximum Gasteiger partial charge on any atom is 0.235 e. The fourth-order valence-corrected chi connectivity index (χ4v) is 4.12. The highest BCUT2D eigenvalue weighted by Crippen LogP contribution is 2.32. The van der Waals surface area contributed by atoms with Crippen LogP contribution < -0.4 is 0 Å². The SMILES string of the molecule is CC(Sc1nc2c(n1-c1ccccc1)CCCC2)C(=O)N(C)C. The second kappa shape index (κ2) is 6.79. The second-order valence-corrected chi connectivity index (χ2v) is 7.47. The van der Waals surface area contributed by atoms with E-state index in [1.54, 1.807) is 30.8 Å². The van der Waals surface area contributed by atoms with Crippen LogP contribution >= 0.6 is 11.8 Å². The Morgan fingerprint density at radius 2 is 1.91 bits per heavy atom. The van der Waals surface area contributed by atoms with Crippen LogP contribution in [-0.2, 0) is 17.6 Å². The number of carbonyl (C=O) groups is 1. The number of aryl methyl sites for hydroxylation is 1. The van der Waals surface area contributed by atoms with Crippen LogP contribution in [0, 0.1) is 0 Å². The van der Waals surface area contributed by atoms with E-state index in [1.165, 1.54) is 24.2 Å². The number of rotatable bonds is 4. The molecule has 4 nitrogen and oxygen atoms in total. The van der Waals surface area contributed by atoms with E-state index in [2.05, 4.69) is 16.7 Å². The fraction of sp³-hybridized carbons (Fsp3) is 0.444. The third-order valence-electron chi connectivity index (χ3n) is 4.19. The summed E-state index contributed by atoms with van der Waals surface area (Å²) in [5.41, 5.74) is 3.65. The Morgan fingerprint density at radius 3 is 2.61 bits per heavy atom. The Hall–Kier alpha value is -1.75. The standard InChI is InChI=1S/C18H23N3OS/c1-13(17(22)20(2)3)23-18-19-15-11-7-8-12-16(15)21(18)14-9-5-4-6-10-14/h4-6,9-10,13H,7-8,11-12H2,1-3H3. The molecule has 1 aromatic carbocycles. The molecule has 23 heavy (non-hydrogen) atoms. The van der Waals surface area contributed by atoms with E-state index >= 15 is 0 Å². The average Bonchev–Trinajstić information content (AvgIpc) is 2.92. The molecule has 1 aliphatic rings. The fourth-order valence-electron chi connectivity index (χ4n) is 3.01. The highest BCUT2D eigenvalue weighted by Gasteiger charge is 2.25. The van der Waals surface area contributed by atoms with Gasteiger partial charge in [0.1, 0.15) is 0 Å². The summed E-state index contributed by atoms with van der Waals surface area (Å²) in [6.45, 7) is 1.95. The quantitative estimate of drug-likeness (QED) is 0.808. The van der Waals surface area contributed by atoms with Gasteiger partial charge in [0.15, 0.2) is 5.16 Å². The maximum atomic E-state index is 12.2. The van der Waals surface area contributed by atoms with Crippen molar-refractivity contribution >= 4 is 17.7 Å². The summed E-state index contributed by atoms with van der Waals surface area (Å²) in [6, 6.07) is 10.3. The van der Waals surface area contributed by atoms with Crippen molar-refractivity contribution in [3.05, 3.63) is 41.7 Å². The maximum absolute atomic E-state index is 12.2. The molecule has 1 unspecified atom stereocenters. The number of carbonyl (C=O) groups excluding carboxylic acids is 1. The number of nitrogens with zero attached hydrogens (tertiary/aromatic N) is 3. The molecule has 0 spiro atoms. The van der Waals surface area contributed by atoms with E-state index in [4.69, 9.17) is 4.98 Å². The first-order valence-electron chi connectivity index (χ1n) is 8.11. The molecule has 1 heterocycles. The van der Waals surface area contributed by atoms with Crippen molar-refractivity contribution in [3.8, 4) is 5.69 Å². The molecule has 0 saturated carbocycles. The van der Waals surface area contributed by atoms with E-state index in [9.17, 15) is 4.79 Å². The van der Waals surface area contributed by atoms with Crippen LogP contribution in [0.1, 0.15) is 31.2 Å². The molecule has 3 rings (SSSR count). The van der Waals surface area contributed by atoms with Crippen molar-refractivity contribution in [3.63, 3.8) is 0 Å². The molecule has 2 aromatic rings. The Balaban J connectivity index is 1.99. The minimum Gasteiger partial charge on any atom is -0.348 e. The zero-order chi connectivity index (χ0) is 16.4. The summed E-state index contributed by atoms with van der Waals surface area (Å²) < 4.78 is 2.25. The van der Waals surface area contributed by atoms with Crippen LogP contribution in [0.25, 0.3) is 5.69 Å². The van der Waals surface area contributed by atoms with Gasteiger partial charge in [0.2, 0.25) is 5.91 Å². The number of hydrogen-bond donors (Lipinski definition) is 0. The monoisotopic (exact) mass is 329 g/mol. The number of para-hydroxylation sites is 1. The molecule has 0 radical (unpaired) electrons. The van der Waals surface area contributed by atoms with Crippen molar-refractivity contribution in [1.29, 1.82) is 0 Å². The van der Waals surface area contributed by atoms with Gasteiger partial charge in [-0.25, -0.2) is 4.98 Å². The molecule has 1 aliphatic carbocycles. The van der Waals surface area contributed by atoms with Crippen molar-refractivity contribution in [2.24, 2.45) is 0 Å². The molecule has 1 atom stereocenters. The van der Waals surface area contributed by atoms with Crippen molar-refractivity contribution in [1.82, 2.24) is 14.5 Å². The van der Waals surface area contributed by atoms with Gasteiger partial charge in [-0.2, -0.15) is 0 Å². The van der Waals surface area contributed by atoms with Crippen LogP contribution in [0.3, 0.4) is 0 Å². The summed E-state index contributed by atoms with van der Waals surface area (Å²) in [7, 11) is 3.60. The molecular weight excluding hydrogens is 306 g/mol. The molecule has 0 aliphatic heterocycles. The minimum absolute atomic E-state index is 0.121. The van der Waals surface area contributed by atoms with Gasteiger partial charge in [-0.05, 0) is 44.7 Å². The molecular formula is C18H23N3OS. The van der Waals surface area contributed by atoms with Crippen LogP contribution in [0.4, 0.5) is 0 Å². The van der Waals surface area contributed by atoms with Gasteiger partial charge in [-0.1, -0.05) is 30.0 Å². The van der Waals surface area contributed by atoms with Gasteiger partial charge in [0.25, 0.3) is 0 Å². The van der Waals surface area contributed by atoms with E-state index in [0.717, 1.165) is 23.7 Å².